The van der Waals surface area contributed by atoms with E-state index >= 15 is 0 Å². The molecule has 186 valence electrons. The van der Waals surface area contributed by atoms with Gasteiger partial charge in [-0.25, -0.2) is 4.79 Å². The minimum absolute atomic E-state index is 0.0162. The van der Waals surface area contributed by atoms with Crippen molar-refractivity contribution in [3.63, 3.8) is 0 Å². The van der Waals surface area contributed by atoms with Crippen LogP contribution in [0.2, 0.25) is 10.0 Å². The van der Waals surface area contributed by atoms with Gasteiger partial charge < -0.3 is 20.5 Å². The van der Waals surface area contributed by atoms with Crippen LogP contribution < -0.4 is 10.6 Å². The van der Waals surface area contributed by atoms with Gasteiger partial charge in [-0.1, -0.05) is 53.2 Å². The molecule has 1 saturated heterocycles. The van der Waals surface area contributed by atoms with Crippen molar-refractivity contribution in [3.05, 3.63) is 74.6 Å². The number of carbonyl (C=O) groups is 2. The average Bonchev–Trinajstić information content (AvgIpc) is 3.33. The van der Waals surface area contributed by atoms with Crippen LogP contribution in [0.5, 0.6) is 0 Å². The highest BCUT2D eigenvalue weighted by molar-refractivity contribution is 8.18. The lowest BCUT2D eigenvalue weighted by Gasteiger charge is -2.33. The van der Waals surface area contributed by atoms with Crippen molar-refractivity contribution < 1.29 is 19.4 Å². The van der Waals surface area contributed by atoms with Gasteiger partial charge in [-0.05, 0) is 40.8 Å². The lowest BCUT2D eigenvalue weighted by atomic mass is 10.1. The molecule has 2 atom stereocenters. The minimum atomic E-state index is -0.948. The maximum atomic E-state index is 12.4. The number of benzene rings is 2. The molecule has 0 bridgehead atoms. The Morgan fingerprint density at radius 2 is 2.00 bits per heavy atom. The molecule has 2 aromatic rings. The Bertz CT molecular complexity index is 1100. The highest BCUT2D eigenvalue weighted by atomic mass is 35.5. The molecule has 2 aliphatic rings. The maximum absolute atomic E-state index is 12.4. The molecular weight excluding hydrogens is 529 g/mol. The van der Waals surface area contributed by atoms with E-state index in [1.165, 1.54) is 11.8 Å². The molecule has 0 radical (unpaired) electrons. The van der Waals surface area contributed by atoms with Crippen LogP contribution in [-0.2, 0) is 16.1 Å². The van der Waals surface area contributed by atoms with E-state index in [2.05, 4.69) is 15.5 Å². The fraction of sp³-hybridized carbons (Fsp3) is 0.333. The van der Waals surface area contributed by atoms with Gasteiger partial charge in [-0.15, -0.1) is 11.8 Å². The number of carboxylic acid groups (broad SMARTS) is 1. The quantitative estimate of drug-likeness (QED) is 0.422. The van der Waals surface area contributed by atoms with Gasteiger partial charge in [0.1, 0.15) is 4.71 Å². The largest absolute Gasteiger partial charge is 0.478 e. The van der Waals surface area contributed by atoms with Crippen LogP contribution in [0.15, 0.2) is 47.9 Å². The van der Waals surface area contributed by atoms with E-state index in [4.69, 9.17) is 33.0 Å². The van der Waals surface area contributed by atoms with Crippen LogP contribution in [0.1, 0.15) is 21.5 Å². The number of halogens is 2. The van der Waals surface area contributed by atoms with Gasteiger partial charge in [0.05, 0.1) is 34.1 Å². The number of amides is 1. The minimum Gasteiger partial charge on any atom is -0.478 e. The van der Waals surface area contributed by atoms with Crippen LogP contribution in [0.25, 0.3) is 5.70 Å². The normalized spacial score (nSPS) is 20.2. The van der Waals surface area contributed by atoms with Gasteiger partial charge >= 0.3 is 5.97 Å². The molecule has 35 heavy (non-hydrogen) atoms. The van der Waals surface area contributed by atoms with Gasteiger partial charge in [-0.3, -0.25) is 9.69 Å². The predicted octanol–water partition coefficient (Wildman–Crippen LogP) is 4.36. The molecule has 2 aromatic carbocycles. The highest BCUT2D eigenvalue weighted by Crippen LogP contribution is 2.33. The number of aromatic carboxylic acids is 1. The first-order chi connectivity index (χ1) is 16.9. The molecule has 0 aliphatic carbocycles. The third-order valence-electron chi connectivity index (χ3n) is 5.53. The molecule has 1 amide bonds. The number of carboxylic acids is 1. The van der Waals surface area contributed by atoms with E-state index in [9.17, 15) is 9.59 Å². The third kappa shape index (κ3) is 7.55. The van der Waals surface area contributed by atoms with Crippen LogP contribution in [0.3, 0.4) is 0 Å². The van der Waals surface area contributed by atoms with Crippen LogP contribution >= 0.6 is 46.7 Å². The zero-order valence-corrected chi connectivity index (χ0v) is 21.9. The monoisotopic (exact) mass is 553 g/mol. The van der Waals surface area contributed by atoms with E-state index in [-0.39, 0.29) is 22.3 Å². The van der Waals surface area contributed by atoms with Crippen molar-refractivity contribution in [3.8, 4) is 0 Å². The fourth-order valence-electron chi connectivity index (χ4n) is 3.72. The number of rotatable bonds is 9. The van der Waals surface area contributed by atoms with Crippen molar-refractivity contribution in [1.29, 1.82) is 0 Å². The lowest BCUT2D eigenvalue weighted by Crippen LogP contribution is -2.47. The number of morpholine rings is 1. The van der Waals surface area contributed by atoms with Gasteiger partial charge in [-0.2, -0.15) is 0 Å². The molecule has 7 nitrogen and oxygen atoms in total. The van der Waals surface area contributed by atoms with Crippen molar-refractivity contribution in [1.82, 2.24) is 15.5 Å². The van der Waals surface area contributed by atoms with Crippen molar-refractivity contribution in [2.75, 3.05) is 32.0 Å². The second-order valence-corrected chi connectivity index (χ2v) is 11.3. The molecule has 1 fully saturated rings. The predicted molar refractivity (Wildman–Crippen MR) is 143 cm³/mol. The summed E-state index contributed by atoms with van der Waals surface area (Å²) in [5, 5.41) is 18.5. The van der Waals surface area contributed by atoms with Crippen LogP contribution in [-0.4, -0.2) is 64.7 Å². The smallest absolute Gasteiger partial charge is 0.335 e. The molecule has 11 heteroatoms. The molecule has 4 rings (SSSR count). The summed E-state index contributed by atoms with van der Waals surface area (Å²) in [6, 6.07) is 12.4. The summed E-state index contributed by atoms with van der Waals surface area (Å²) in [7, 11) is 0. The summed E-state index contributed by atoms with van der Waals surface area (Å²) in [5.41, 5.74) is 3.17. The zero-order chi connectivity index (χ0) is 24.8. The average molecular weight is 555 g/mol. The second-order valence-electron chi connectivity index (χ2n) is 8.12. The maximum Gasteiger partial charge on any atom is 0.335 e. The van der Waals surface area contributed by atoms with Crippen molar-refractivity contribution in [2.45, 2.75) is 17.4 Å². The van der Waals surface area contributed by atoms with Gasteiger partial charge in [0.15, 0.2) is 0 Å². The number of nitrogens with one attached hydrogen (secondary N) is 2. The third-order valence-corrected chi connectivity index (χ3v) is 8.60. The Hall–Kier alpha value is -1.88. The summed E-state index contributed by atoms with van der Waals surface area (Å²) >= 11 is 15.2. The number of thioether (sulfide) groups is 2. The standard InChI is InChI=1S/C24H25Cl2N3O4S2/c25-19-6-1-15(9-20(19)26)11-29-7-8-33-18(12-29)10-27-22(30)14-35-24-28-21(13-34-24)16-2-4-17(5-3-16)23(31)32/h1-6,9,13,18,24,28H,7-8,10-12,14H2,(H,27,30)(H,31,32)/t18-,24?/m0/s1. The number of hydrogen-bond acceptors (Lipinski definition) is 7. The molecule has 2 aliphatic heterocycles. The van der Waals surface area contributed by atoms with Crippen molar-refractivity contribution in [2.24, 2.45) is 0 Å². The number of hydrogen-bond donors (Lipinski definition) is 3. The summed E-state index contributed by atoms with van der Waals surface area (Å²) in [6.07, 6.45) is -0.0681. The van der Waals surface area contributed by atoms with Crippen LogP contribution in [0, 0.1) is 0 Å². The Kier molecular flexibility index (Phi) is 9.27. The van der Waals surface area contributed by atoms with Gasteiger partial charge in [0.25, 0.3) is 0 Å². The Balaban J connectivity index is 1.16. The first-order valence-corrected chi connectivity index (χ1v) is 13.7. The Morgan fingerprint density at radius 3 is 2.74 bits per heavy atom. The number of ether oxygens (including phenoxy) is 1. The number of carbonyl (C=O) groups excluding carboxylic acids is 1. The summed E-state index contributed by atoms with van der Waals surface area (Å²) < 4.78 is 5.85. The van der Waals surface area contributed by atoms with E-state index < -0.39 is 5.97 Å². The SMILES string of the molecule is O=C(CSC1NC(c2ccc(C(=O)O)cc2)=CS1)NC[C@H]1CN(Cc2ccc(Cl)c(Cl)c2)CCO1. The lowest BCUT2D eigenvalue weighted by molar-refractivity contribution is -0.119. The summed E-state index contributed by atoms with van der Waals surface area (Å²) in [5.74, 6) is -0.665. The molecule has 2 heterocycles. The summed E-state index contributed by atoms with van der Waals surface area (Å²) in [6.45, 7) is 3.36. The molecule has 3 N–H and O–H groups in total. The van der Waals surface area contributed by atoms with E-state index in [0.29, 0.717) is 28.9 Å². The van der Waals surface area contributed by atoms with E-state index in [1.54, 1.807) is 42.1 Å². The van der Waals surface area contributed by atoms with Gasteiger partial charge in [0.2, 0.25) is 5.91 Å². The first kappa shape index (κ1) is 26.2. The second kappa shape index (κ2) is 12.4. The fourth-order valence-corrected chi connectivity index (χ4v) is 6.00. The molecule has 0 aromatic heterocycles. The topological polar surface area (TPSA) is 90.9 Å². The Labute approximate surface area is 222 Å². The van der Waals surface area contributed by atoms with Crippen LogP contribution in [0.4, 0.5) is 0 Å². The molecule has 0 spiro atoms. The first-order valence-electron chi connectivity index (χ1n) is 11.0. The van der Waals surface area contributed by atoms with Gasteiger partial charge in [0, 0.05) is 31.9 Å². The zero-order valence-electron chi connectivity index (χ0n) is 18.7. The molecule has 1 unspecified atom stereocenters. The summed E-state index contributed by atoms with van der Waals surface area (Å²) in [4.78, 5) is 25.7. The van der Waals surface area contributed by atoms with Crippen molar-refractivity contribution >= 4 is 64.3 Å². The van der Waals surface area contributed by atoms with E-state index in [0.717, 1.165) is 36.5 Å². The molecule has 0 saturated carbocycles. The van der Waals surface area contributed by atoms with E-state index in [1.807, 2.05) is 17.5 Å². The molecular formula is C24H25Cl2N3O4S2. The highest BCUT2D eigenvalue weighted by Gasteiger charge is 2.23. The number of nitrogens with zero attached hydrogens (tertiary/aromatic N) is 1. The Morgan fingerprint density at radius 1 is 1.20 bits per heavy atom.